The molecule has 1 aliphatic heterocycles. The zero-order chi connectivity index (χ0) is 21.4. The molecule has 5 atom stereocenters. The first-order valence-electron chi connectivity index (χ1n) is 8.30. The van der Waals surface area contributed by atoms with E-state index in [4.69, 9.17) is 30.5 Å². The van der Waals surface area contributed by atoms with Crippen LogP contribution in [0.1, 0.15) is 27.7 Å². The second-order valence-electron chi connectivity index (χ2n) is 5.97. The number of esters is 3. The molecule has 0 aromatic rings. The van der Waals surface area contributed by atoms with Gasteiger partial charge in [-0.25, -0.2) is 0 Å². The number of hydrogen-bond donors (Lipinski definition) is 2. The number of hydrogen-bond acceptors (Lipinski definition) is 9. The van der Waals surface area contributed by atoms with Crippen molar-refractivity contribution in [2.75, 3.05) is 12.5 Å². The fraction of sp³-hybridized carbons (Fsp3) is 0.688. The van der Waals surface area contributed by atoms with Crippen molar-refractivity contribution < 1.29 is 42.9 Å². The van der Waals surface area contributed by atoms with Gasteiger partial charge < -0.3 is 29.6 Å². The van der Waals surface area contributed by atoms with Crippen molar-refractivity contribution in [3.8, 4) is 0 Å². The van der Waals surface area contributed by atoms with E-state index in [0.717, 1.165) is 13.8 Å². The lowest BCUT2D eigenvalue weighted by atomic mass is 9.95. The molecule has 0 saturated carbocycles. The van der Waals surface area contributed by atoms with Crippen molar-refractivity contribution in [3.63, 3.8) is 0 Å². The Balaban J connectivity index is 3.30. The van der Waals surface area contributed by atoms with Crippen LogP contribution in [0.2, 0.25) is 0 Å². The summed E-state index contributed by atoms with van der Waals surface area (Å²) < 4.78 is 21.1. The first-order valence-corrected chi connectivity index (χ1v) is 8.84. The summed E-state index contributed by atoms with van der Waals surface area (Å²) in [5.74, 6) is -3.61. The van der Waals surface area contributed by atoms with E-state index in [-0.39, 0.29) is 6.61 Å². The topological polar surface area (TPSA) is 146 Å². The van der Waals surface area contributed by atoms with Crippen LogP contribution in [-0.4, -0.2) is 72.8 Å². The zero-order valence-corrected chi connectivity index (χ0v) is 16.6. The molecule has 12 heteroatoms. The van der Waals surface area contributed by atoms with Crippen LogP contribution in [-0.2, 0) is 42.9 Å². The van der Waals surface area contributed by atoms with Gasteiger partial charge >= 0.3 is 17.9 Å². The van der Waals surface area contributed by atoms with Gasteiger partial charge in [-0.05, 0) is 0 Å². The Labute approximate surface area is 166 Å². The Hall–Kier alpha value is -2.40. The largest absolute Gasteiger partial charge is 0.463 e. The predicted octanol–water partition coefficient (Wildman–Crippen LogP) is -1.00. The van der Waals surface area contributed by atoms with Crippen LogP contribution in [0.3, 0.4) is 0 Å². The third-order valence-electron chi connectivity index (χ3n) is 3.54. The summed E-state index contributed by atoms with van der Waals surface area (Å²) >= 11 is 5.50. The van der Waals surface area contributed by atoms with Crippen LogP contribution >= 0.6 is 11.6 Å². The highest BCUT2D eigenvalue weighted by Gasteiger charge is 2.51. The normalized spacial score (nSPS) is 26.5. The van der Waals surface area contributed by atoms with Gasteiger partial charge in [0.25, 0.3) is 0 Å². The number of amides is 2. The number of carbonyl (C=O) groups is 5. The number of rotatable bonds is 7. The number of carbonyl (C=O) groups excluding carboxylic acids is 5. The van der Waals surface area contributed by atoms with E-state index >= 15 is 0 Å². The molecule has 0 aromatic carbocycles. The van der Waals surface area contributed by atoms with E-state index in [2.05, 4.69) is 10.6 Å². The molecule has 1 saturated heterocycles. The highest BCUT2D eigenvalue weighted by atomic mass is 35.5. The van der Waals surface area contributed by atoms with Gasteiger partial charge in [0.1, 0.15) is 24.6 Å². The fourth-order valence-corrected chi connectivity index (χ4v) is 2.73. The molecule has 1 rings (SSSR count). The highest BCUT2D eigenvalue weighted by molar-refractivity contribution is 6.27. The van der Waals surface area contributed by atoms with Crippen LogP contribution in [0, 0.1) is 0 Å². The molecular formula is C16H23ClN2O9. The molecule has 11 nitrogen and oxygen atoms in total. The molecule has 1 fully saturated rings. The molecule has 0 aromatic heterocycles. The Morgan fingerprint density at radius 1 is 0.893 bits per heavy atom. The molecule has 2 N–H and O–H groups in total. The Kier molecular flexibility index (Phi) is 9.13. The van der Waals surface area contributed by atoms with Gasteiger partial charge in [-0.2, -0.15) is 0 Å². The standard InChI is InChI=1S/C16H23ClN2O9/c1-7(20)18-13-15(27-10(4)23)14(26-9(3)22)11(6-25-8(2)21)28-16(13)19-12(24)5-17/h11,13-16H,5-6H2,1-4H3,(H,18,20)(H,19,24)/t11-,13-,14-,15-,16-/m1/s1. The molecule has 0 unspecified atom stereocenters. The van der Waals surface area contributed by atoms with Crippen LogP contribution in [0.5, 0.6) is 0 Å². The molecule has 28 heavy (non-hydrogen) atoms. The third kappa shape index (κ3) is 7.31. The van der Waals surface area contributed by atoms with E-state index in [0.29, 0.717) is 0 Å². The monoisotopic (exact) mass is 422 g/mol. The lowest BCUT2D eigenvalue weighted by Crippen LogP contribution is -2.69. The van der Waals surface area contributed by atoms with Gasteiger partial charge in [0.05, 0.1) is 0 Å². The number of nitrogens with one attached hydrogen (secondary N) is 2. The number of halogens is 1. The fourth-order valence-electron chi connectivity index (χ4n) is 2.65. The average molecular weight is 423 g/mol. The average Bonchev–Trinajstić information content (AvgIpc) is 2.57. The highest BCUT2D eigenvalue weighted by Crippen LogP contribution is 2.26. The lowest BCUT2D eigenvalue weighted by molar-refractivity contribution is -0.227. The van der Waals surface area contributed by atoms with Crippen molar-refractivity contribution in [3.05, 3.63) is 0 Å². The molecule has 2 amide bonds. The Morgan fingerprint density at radius 3 is 1.93 bits per heavy atom. The lowest BCUT2D eigenvalue weighted by Gasteiger charge is -2.45. The van der Waals surface area contributed by atoms with Gasteiger partial charge in [0.2, 0.25) is 11.8 Å². The van der Waals surface area contributed by atoms with Crippen molar-refractivity contribution in [2.24, 2.45) is 0 Å². The van der Waals surface area contributed by atoms with Gasteiger partial charge in [0.15, 0.2) is 18.4 Å². The van der Waals surface area contributed by atoms with E-state index in [1.807, 2.05) is 0 Å². The molecule has 158 valence electrons. The van der Waals surface area contributed by atoms with Crippen LogP contribution in [0.25, 0.3) is 0 Å². The summed E-state index contributed by atoms with van der Waals surface area (Å²) in [5, 5.41) is 4.95. The zero-order valence-electron chi connectivity index (χ0n) is 15.9. The first kappa shape index (κ1) is 23.6. The SMILES string of the molecule is CC(=O)N[C@@H]1[C@@H](OC(C)=O)[C@H](OC(C)=O)[C@@H](COC(C)=O)O[C@H]1NC(=O)CCl. The smallest absolute Gasteiger partial charge is 0.303 e. The van der Waals surface area contributed by atoms with E-state index in [1.54, 1.807) is 0 Å². The van der Waals surface area contributed by atoms with Crippen molar-refractivity contribution in [2.45, 2.75) is 58.3 Å². The van der Waals surface area contributed by atoms with Gasteiger partial charge in [-0.3, -0.25) is 24.0 Å². The molecular weight excluding hydrogens is 400 g/mol. The van der Waals surface area contributed by atoms with E-state index in [9.17, 15) is 24.0 Å². The minimum Gasteiger partial charge on any atom is -0.463 e. The molecule has 1 heterocycles. The summed E-state index contributed by atoms with van der Waals surface area (Å²) in [6, 6.07) is -1.11. The maximum atomic E-state index is 11.8. The molecule has 0 spiro atoms. The maximum absolute atomic E-state index is 11.8. The van der Waals surface area contributed by atoms with Crippen LogP contribution in [0.15, 0.2) is 0 Å². The predicted molar refractivity (Wildman–Crippen MR) is 92.9 cm³/mol. The van der Waals surface area contributed by atoms with Gasteiger partial charge in [-0.15, -0.1) is 11.6 Å². The molecule has 0 radical (unpaired) electrons. The van der Waals surface area contributed by atoms with E-state index < -0.39 is 66.2 Å². The van der Waals surface area contributed by atoms with Crippen LogP contribution in [0.4, 0.5) is 0 Å². The van der Waals surface area contributed by atoms with E-state index in [1.165, 1.54) is 13.8 Å². The summed E-state index contributed by atoms with van der Waals surface area (Å²) in [5.41, 5.74) is 0. The summed E-state index contributed by atoms with van der Waals surface area (Å²) in [4.78, 5) is 57.8. The van der Waals surface area contributed by atoms with Crippen molar-refractivity contribution >= 4 is 41.3 Å². The summed E-state index contributed by atoms with van der Waals surface area (Å²) in [7, 11) is 0. The quantitative estimate of drug-likeness (QED) is 0.299. The van der Waals surface area contributed by atoms with Crippen molar-refractivity contribution in [1.29, 1.82) is 0 Å². The minimum absolute atomic E-state index is 0.356. The number of ether oxygens (including phenoxy) is 4. The minimum atomic E-state index is -1.24. The molecule has 0 bridgehead atoms. The summed E-state index contributed by atoms with van der Waals surface area (Å²) in [6.45, 7) is 4.27. The summed E-state index contributed by atoms with van der Waals surface area (Å²) in [6.07, 6.45) is -4.75. The number of alkyl halides is 1. The van der Waals surface area contributed by atoms with Crippen LogP contribution < -0.4 is 10.6 Å². The van der Waals surface area contributed by atoms with Crippen molar-refractivity contribution in [1.82, 2.24) is 10.6 Å². The maximum Gasteiger partial charge on any atom is 0.303 e. The first-order chi connectivity index (χ1) is 13.0. The third-order valence-corrected chi connectivity index (χ3v) is 3.78. The molecule has 0 aliphatic carbocycles. The Bertz CT molecular complexity index is 627. The van der Waals surface area contributed by atoms with Gasteiger partial charge in [-0.1, -0.05) is 0 Å². The Morgan fingerprint density at radius 2 is 1.46 bits per heavy atom. The second kappa shape index (κ2) is 10.8. The second-order valence-corrected chi connectivity index (χ2v) is 6.24. The van der Waals surface area contributed by atoms with Gasteiger partial charge in [0, 0.05) is 27.7 Å². The molecule has 1 aliphatic rings.